The van der Waals surface area contributed by atoms with Crippen LogP contribution in [0, 0.1) is 0 Å². The van der Waals surface area contributed by atoms with E-state index in [9.17, 15) is 4.79 Å². The minimum absolute atomic E-state index is 0.167. The fourth-order valence-electron chi connectivity index (χ4n) is 1.26. The molecule has 0 saturated heterocycles. The number of aromatic nitrogens is 3. The molecular weight excluding hydrogens is 210 g/mol. The van der Waals surface area contributed by atoms with E-state index in [1.165, 1.54) is 6.07 Å². The van der Waals surface area contributed by atoms with Crippen molar-refractivity contribution in [2.45, 2.75) is 6.92 Å². The molecular formula is C10H11N3O3. The van der Waals surface area contributed by atoms with Gasteiger partial charge in [-0.25, -0.2) is 4.79 Å². The number of hydrogen-bond acceptors (Lipinski definition) is 5. The summed E-state index contributed by atoms with van der Waals surface area (Å²) in [5.41, 5.74) is 0.936. The van der Waals surface area contributed by atoms with Gasteiger partial charge in [0.05, 0.1) is 18.4 Å². The van der Waals surface area contributed by atoms with Crippen LogP contribution in [0.1, 0.15) is 17.4 Å². The summed E-state index contributed by atoms with van der Waals surface area (Å²) < 4.78 is 11.5. The molecule has 0 aromatic carbocycles. The summed E-state index contributed by atoms with van der Waals surface area (Å²) in [6, 6.07) is 1.54. The van der Waals surface area contributed by atoms with E-state index >= 15 is 0 Å². The largest absolute Gasteiger partial charge is 0.461 e. The average molecular weight is 221 g/mol. The molecule has 2 aromatic heterocycles. The fourth-order valence-corrected chi connectivity index (χ4v) is 1.26. The molecule has 0 aliphatic heterocycles. The zero-order valence-corrected chi connectivity index (χ0v) is 9.01. The number of rotatable bonds is 3. The highest BCUT2D eigenvalue weighted by Gasteiger charge is 2.15. The molecule has 0 aliphatic rings. The van der Waals surface area contributed by atoms with Crippen LogP contribution in [0.25, 0.3) is 11.3 Å². The van der Waals surface area contributed by atoms with Crippen molar-refractivity contribution in [3.8, 4) is 11.3 Å². The molecule has 0 radical (unpaired) electrons. The van der Waals surface area contributed by atoms with Gasteiger partial charge in [0.15, 0.2) is 11.5 Å². The maximum absolute atomic E-state index is 11.3. The van der Waals surface area contributed by atoms with E-state index in [-0.39, 0.29) is 5.69 Å². The number of carbonyl (C=O) groups excluding carboxylic acids is 1. The topological polar surface area (TPSA) is 70.2 Å². The lowest BCUT2D eigenvalue weighted by Gasteiger charge is -1.94. The van der Waals surface area contributed by atoms with Crippen molar-refractivity contribution in [2.75, 3.05) is 6.61 Å². The maximum atomic E-state index is 11.3. The second-order valence-electron chi connectivity index (χ2n) is 3.20. The molecule has 6 nitrogen and oxygen atoms in total. The Kier molecular flexibility index (Phi) is 2.72. The SMILES string of the molecule is CCOC(=O)c1cc(-c2cnn(C)c2)on1. The standard InChI is InChI=1S/C10H11N3O3/c1-3-15-10(14)8-4-9(16-12-8)7-5-11-13(2)6-7/h4-6H,3H2,1-2H3. The van der Waals surface area contributed by atoms with Gasteiger partial charge in [0, 0.05) is 19.3 Å². The third kappa shape index (κ3) is 1.95. The lowest BCUT2D eigenvalue weighted by atomic mass is 10.2. The van der Waals surface area contributed by atoms with Crippen LogP contribution < -0.4 is 0 Å². The monoisotopic (exact) mass is 221 g/mol. The summed E-state index contributed by atoms with van der Waals surface area (Å²) in [6.45, 7) is 2.05. The van der Waals surface area contributed by atoms with Crippen LogP contribution in [0.2, 0.25) is 0 Å². The van der Waals surface area contributed by atoms with Gasteiger partial charge in [-0.3, -0.25) is 4.68 Å². The van der Waals surface area contributed by atoms with E-state index in [4.69, 9.17) is 9.26 Å². The Labute approximate surface area is 91.8 Å². The molecule has 0 saturated carbocycles. The summed E-state index contributed by atoms with van der Waals surface area (Å²) >= 11 is 0. The van der Waals surface area contributed by atoms with Gasteiger partial charge in [-0.05, 0) is 6.92 Å². The molecule has 0 unspecified atom stereocenters. The molecule has 16 heavy (non-hydrogen) atoms. The first kappa shape index (κ1) is 10.4. The summed E-state index contributed by atoms with van der Waals surface area (Å²) in [5, 5.41) is 7.63. The van der Waals surface area contributed by atoms with Crippen LogP contribution in [-0.2, 0) is 11.8 Å². The Morgan fingerprint density at radius 1 is 1.62 bits per heavy atom. The molecule has 2 rings (SSSR count). The number of esters is 1. The van der Waals surface area contributed by atoms with E-state index in [1.807, 2.05) is 0 Å². The van der Waals surface area contributed by atoms with Crippen LogP contribution in [-0.4, -0.2) is 27.5 Å². The van der Waals surface area contributed by atoms with Gasteiger partial charge in [-0.15, -0.1) is 0 Å². The Hall–Kier alpha value is -2.11. The minimum Gasteiger partial charge on any atom is -0.461 e. The quantitative estimate of drug-likeness (QED) is 0.729. The highest BCUT2D eigenvalue weighted by molar-refractivity contribution is 5.88. The Morgan fingerprint density at radius 2 is 2.44 bits per heavy atom. The summed E-state index contributed by atoms with van der Waals surface area (Å²) in [5.74, 6) is 0.0116. The van der Waals surface area contributed by atoms with E-state index in [1.54, 1.807) is 31.0 Å². The molecule has 0 atom stereocenters. The smallest absolute Gasteiger partial charge is 0.360 e. The molecule has 6 heteroatoms. The summed E-state index contributed by atoms with van der Waals surface area (Å²) in [4.78, 5) is 11.3. The van der Waals surface area contributed by atoms with Crippen molar-refractivity contribution in [3.05, 3.63) is 24.2 Å². The van der Waals surface area contributed by atoms with Gasteiger partial charge in [0.2, 0.25) is 0 Å². The molecule has 2 heterocycles. The molecule has 0 spiro atoms. The number of aryl methyl sites for hydroxylation is 1. The second-order valence-corrected chi connectivity index (χ2v) is 3.20. The van der Waals surface area contributed by atoms with E-state index in [2.05, 4.69) is 10.3 Å². The molecule has 0 N–H and O–H groups in total. The molecule has 84 valence electrons. The Bertz CT molecular complexity index is 501. The zero-order valence-electron chi connectivity index (χ0n) is 9.01. The third-order valence-electron chi connectivity index (χ3n) is 1.98. The van der Waals surface area contributed by atoms with Crippen molar-refractivity contribution in [1.82, 2.24) is 14.9 Å². The van der Waals surface area contributed by atoms with Crippen molar-refractivity contribution < 1.29 is 14.1 Å². The minimum atomic E-state index is -0.485. The van der Waals surface area contributed by atoms with Gasteiger partial charge in [-0.2, -0.15) is 5.10 Å². The predicted octanol–water partition coefficient (Wildman–Crippen LogP) is 1.25. The number of ether oxygens (including phenoxy) is 1. The number of hydrogen-bond donors (Lipinski definition) is 0. The molecule has 0 amide bonds. The van der Waals surface area contributed by atoms with Gasteiger partial charge in [-0.1, -0.05) is 5.16 Å². The van der Waals surface area contributed by atoms with Crippen LogP contribution in [0.5, 0.6) is 0 Å². The van der Waals surface area contributed by atoms with Crippen molar-refractivity contribution in [3.63, 3.8) is 0 Å². The van der Waals surface area contributed by atoms with Gasteiger partial charge >= 0.3 is 5.97 Å². The first-order valence-corrected chi connectivity index (χ1v) is 4.83. The Morgan fingerprint density at radius 3 is 3.06 bits per heavy atom. The number of nitrogens with zero attached hydrogens (tertiary/aromatic N) is 3. The lowest BCUT2D eigenvalue weighted by molar-refractivity contribution is 0.0514. The van der Waals surface area contributed by atoms with Crippen LogP contribution in [0.4, 0.5) is 0 Å². The van der Waals surface area contributed by atoms with Gasteiger partial charge < -0.3 is 9.26 Å². The molecule has 0 fully saturated rings. The van der Waals surface area contributed by atoms with Gasteiger partial charge in [0.1, 0.15) is 0 Å². The first-order valence-electron chi connectivity index (χ1n) is 4.83. The average Bonchev–Trinajstić information content (AvgIpc) is 2.85. The number of carbonyl (C=O) groups is 1. The van der Waals surface area contributed by atoms with Crippen molar-refractivity contribution in [2.24, 2.45) is 7.05 Å². The first-order chi connectivity index (χ1) is 7.70. The fraction of sp³-hybridized carbons (Fsp3) is 0.300. The third-order valence-corrected chi connectivity index (χ3v) is 1.98. The molecule has 2 aromatic rings. The highest BCUT2D eigenvalue weighted by atomic mass is 16.5. The van der Waals surface area contributed by atoms with Crippen molar-refractivity contribution in [1.29, 1.82) is 0 Å². The zero-order chi connectivity index (χ0) is 11.5. The van der Waals surface area contributed by atoms with Crippen molar-refractivity contribution >= 4 is 5.97 Å². The normalized spacial score (nSPS) is 10.4. The maximum Gasteiger partial charge on any atom is 0.360 e. The Balaban J connectivity index is 2.22. The lowest BCUT2D eigenvalue weighted by Crippen LogP contribution is -2.04. The highest BCUT2D eigenvalue weighted by Crippen LogP contribution is 2.19. The second kappa shape index (κ2) is 4.18. The summed E-state index contributed by atoms with van der Waals surface area (Å²) in [6.07, 6.45) is 3.41. The van der Waals surface area contributed by atoms with Crippen LogP contribution in [0.3, 0.4) is 0 Å². The van der Waals surface area contributed by atoms with Crippen LogP contribution >= 0.6 is 0 Å². The van der Waals surface area contributed by atoms with E-state index in [0.717, 1.165) is 5.56 Å². The van der Waals surface area contributed by atoms with Gasteiger partial charge in [0.25, 0.3) is 0 Å². The van der Waals surface area contributed by atoms with E-state index in [0.29, 0.717) is 12.4 Å². The summed E-state index contributed by atoms with van der Waals surface area (Å²) in [7, 11) is 1.80. The van der Waals surface area contributed by atoms with E-state index < -0.39 is 5.97 Å². The predicted molar refractivity (Wildman–Crippen MR) is 54.7 cm³/mol. The molecule has 0 aliphatic carbocycles. The van der Waals surface area contributed by atoms with Crippen LogP contribution in [0.15, 0.2) is 23.0 Å². The molecule has 0 bridgehead atoms.